The highest BCUT2D eigenvalue weighted by Crippen LogP contribution is 2.65. The number of hydrogen-bond donors (Lipinski definition) is 1. The summed E-state index contributed by atoms with van der Waals surface area (Å²) in [7, 11) is 0. The van der Waals surface area contributed by atoms with Crippen LogP contribution in [0.15, 0.2) is 78.9 Å². The minimum absolute atomic E-state index is 0.00797. The van der Waals surface area contributed by atoms with Crippen LogP contribution < -0.4 is 4.90 Å². The van der Waals surface area contributed by atoms with Crippen LogP contribution in [-0.4, -0.2) is 74.4 Å². The first-order valence-corrected chi connectivity index (χ1v) is 15.4. The third-order valence-electron chi connectivity index (χ3n) is 8.81. The molecular weight excluding hydrogens is 558 g/mol. The fraction of sp³-hybridized carbons (Fsp3) is 0.406. The summed E-state index contributed by atoms with van der Waals surface area (Å²) < 4.78 is -1.58. The summed E-state index contributed by atoms with van der Waals surface area (Å²) in [5.74, 6) is -1.76. The molecule has 2 saturated heterocycles. The maximum absolute atomic E-state index is 14.5. The van der Waals surface area contributed by atoms with Crippen LogP contribution >= 0.6 is 23.4 Å². The molecule has 2 fully saturated rings. The van der Waals surface area contributed by atoms with Crippen molar-refractivity contribution in [3.8, 4) is 0 Å². The number of rotatable bonds is 7. The smallest absolute Gasteiger partial charge is 0.251 e. The van der Waals surface area contributed by atoms with Gasteiger partial charge in [0.15, 0.2) is 0 Å². The molecule has 4 aliphatic heterocycles. The second-order valence-electron chi connectivity index (χ2n) is 11.4. The van der Waals surface area contributed by atoms with Gasteiger partial charge in [-0.1, -0.05) is 78.4 Å². The molecule has 3 amide bonds. The summed E-state index contributed by atoms with van der Waals surface area (Å²) in [4.78, 5) is 48.5. The average molecular weight is 592 g/mol. The lowest BCUT2D eigenvalue weighted by Gasteiger charge is -2.37. The summed E-state index contributed by atoms with van der Waals surface area (Å²) in [6, 6.07) is 16.3. The van der Waals surface area contributed by atoms with E-state index < -0.39 is 27.4 Å². The first-order chi connectivity index (χ1) is 19.8. The number of hydrogen-bond acceptors (Lipinski definition) is 5. The topological polar surface area (TPSA) is 81.2 Å². The number of aliphatic hydroxyl groups is 1. The fourth-order valence-electron chi connectivity index (χ4n) is 7.04. The first-order valence-electron chi connectivity index (χ1n) is 14.2. The van der Waals surface area contributed by atoms with E-state index in [1.165, 1.54) is 0 Å². The molecule has 1 spiro atoms. The number of likely N-dealkylation sites (tertiary alicyclic amines) is 1. The van der Waals surface area contributed by atoms with Gasteiger partial charge >= 0.3 is 0 Å². The van der Waals surface area contributed by atoms with E-state index in [0.29, 0.717) is 49.7 Å². The summed E-state index contributed by atoms with van der Waals surface area (Å²) in [5, 5.41) is 9.92. The van der Waals surface area contributed by atoms with E-state index in [-0.39, 0.29) is 24.3 Å². The molecule has 0 radical (unpaired) electrons. The van der Waals surface area contributed by atoms with E-state index in [1.807, 2.05) is 78.6 Å². The van der Waals surface area contributed by atoms with Gasteiger partial charge in [0.1, 0.15) is 6.04 Å². The second kappa shape index (κ2) is 11.0. The van der Waals surface area contributed by atoms with E-state index in [4.69, 9.17) is 11.6 Å². The van der Waals surface area contributed by atoms with E-state index in [1.54, 1.807) is 27.6 Å². The maximum atomic E-state index is 14.5. The van der Waals surface area contributed by atoms with Crippen LogP contribution in [0.25, 0.3) is 0 Å². The summed E-state index contributed by atoms with van der Waals surface area (Å²) >= 11 is 8.12. The van der Waals surface area contributed by atoms with Crippen LogP contribution in [0.1, 0.15) is 25.3 Å². The lowest BCUT2D eigenvalue weighted by Crippen LogP contribution is -2.53. The summed E-state index contributed by atoms with van der Waals surface area (Å²) in [5.41, 5.74) is 1.62. The van der Waals surface area contributed by atoms with Gasteiger partial charge in [-0.15, -0.1) is 11.8 Å². The number of nitrogens with zero attached hydrogens (tertiary/aromatic N) is 3. The molecule has 4 aliphatic rings. The Morgan fingerprint density at radius 2 is 1.63 bits per heavy atom. The van der Waals surface area contributed by atoms with Gasteiger partial charge in [0, 0.05) is 37.5 Å². The van der Waals surface area contributed by atoms with Crippen LogP contribution in [0.5, 0.6) is 0 Å². The third-order valence-corrected chi connectivity index (χ3v) is 10.9. The molecule has 9 heteroatoms. The highest BCUT2D eigenvalue weighted by Gasteiger charge is 2.73. The molecule has 41 heavy (non-hydrogen) atoms. The molecule has 1 unspecified atom stereocenters. The van der Waals surface area contributed by atoms with Gasteiger partial charge in [-0.2, -0.15) is 0 Å². The number of halogens is 1. The zero-order valence-corrected chi connectivity index (χ0v) is 24.6. The quantitative estimate of drug-likeness (QED) is 0.384. The molecule has 0 saturated carbocycles. The summed E-state index contributed by atoms with van der Waals surface area (Å²) in [6.07, 6.45) is 9.17. The Labute approximate surface area is 249 Å². The molecular formula is C32H34ClN3O4S. The SMILES string of the molecule is C[C@]12C=CCN(Cc3ccccc3)C(=O)[C@H]1[C@H]1C(=O)N(CCCCO)C3C(=O)N(c4ccccc4Cl)CC=C[C@@]31S2. The molecule has 1 N–H and O–H groups in total. The third kappa shape index (κ3) is 4.60. The number of carbonyl (C=O) groups is 3. The molecule has 2 aromatic carbocycles. The second-order valence-corrected chi connectivity index (χ2v) is 13.6. The Morgan fingerprint density at radius 1 is 0.902 bits per heavy atom. The Morgan fingerprint density at radius 3 is 2.39 bits per heavy atom. The van der Waals surface area contributed by atoms with Gasteiger partial charge in [-0.05, 0) is 37.5 Å². The molecule has 0 aromatic heterocycles. The highest BCUT2D eigenvalue weighted by molar-refractivity contribution is 8.02. The zero-order valence-electron chi connectivity index (χ0n) is 23.0. The highest BCUT2D eigenvalue weighted by atomic mass is 35.5. The number of fused-ring (bicyclic) bond motifs is 2. The van der Waals surface area contributed by atoms with Crippen molar-refractivity contribution in [1.29, 1.82) is 0 Å². The van der Waals surface area contributed by atoms with Gasteiger partial charge in [0.2, 0.25) is 11.8 Å². The molecule has 6 rings (SSSR count). The van der Waals surface area contributed by atoms with Gasteiger partial charge < -0.3 is 19.8 Å². The lowest BCUT2D eigenvalue weighted by molar-refractivity contribution is -0.144. The van der Waals surface area contributed by atoms with E-state index in [2.05, 4.69) is 6.08 Å². The molecule has 5 atom stereocenters. The Balaban J connectivity index is 1.43. The zero-order chi connectivity index (χ0) is 28.8. The van der Waals surface area contributed by atoms with Crippen molar-refractivity contribution in [3.63, 3.8) is 0 Å². The van der Waals surface area contributed by atoms with Crippen molar-refractivity contribution in [2.24, 2.45) is 11.8 Å². The number of carbonyl (C=O) groups excluding carboxylic acids is 3. The Kier molecular flexibility index (Phi) is 7.51. The Bertz CT molecular complexity index is 1420. The predicted octanol–water partition coefficient (Wildman–Crippen LogP) is 4.30. The largest absolute Gasteiger partial charge is 0.396 e. The van der Waals surface area contributed by atoms with Crippen molar-refractivity contribution in [3.05, 3.63) is 89.5 Å². The average Bonchev–Trinajstić information content (AvgIpc) is 3.23. The standard InChI is InChI=1S/C32H34ClN3O4S/c1-31-15-9-17-34(21-22-11-3-2-4-12-22)28(38)25(31)26-29(39)36(18-7-8-20-37)27-30(40)35(19-10-16-32(26,27)41-31)24-14-6-5-13-23(24)33/h2-6,9-16,25-27,37H,7-8,17-21H2,1H3/t25-,26+,27?,31+,32+/m1/s1. The number of para-hydroxylation sites is 1. The van der Waals surface area contributed by atoms with E-state index in [0.717, 1.165) is 5.56 Å². The molecule has 2 aromatic rings. The van der Waals surface area contributed by atoms with Gasteiger partial charge in [-0.25, -0.2) is 0 Å². The monoisotopic (exact) mass is 591 g/mol. The van der Waals surface area contributed by atoms with Gasteiger partial charge in [0.25, 0.3) is 5.91 Å². The lowest BCUT2D eigenvalue weighted by atomic mass is 9.74. The number of unbranched alkanes of at least 4 members (excludes halogenated alkanes) is 1. The Hall–Kier alpha value is -3.07. The van der Waals surface area contributed by atoms with Crippen LogP contribution in [-0.2, 0) is 20.9 Å². The van der Waals surface area contributed by atoms with Gasteiger partial charge in [-0.3, -0.25) is 14.4 Å². The van der Waals surface area contributed by atoms with Crippen LogP contribution in [0, 0.1) is 11.8 Å². The van der Waals surface area contributed by atoms with Crippen LogP contribution in [0.3, 0.4) is 0 Å². The van der Waals surface area contributed by atoms with Crippen LogP contribution in [0.2, 0.25) is 5.02 Å². The van der Waals surface area contributed by atoms with Crippen molar-refractivity contribution in [1.82, 2.24) is 9.80 Å². The fourth-order valence-corrected chi connectivity index (χ4v) is 9.43. The number of amides is 3. The molecule has 214 valence electrons. The number of thioether (sulfide) groups is 1. The first kappa shape index (κ1) is 28.1. The van der Waals surface area contributed by atoms with E-state index >= 15 is 0 Å². The van der Waals surface area contributed by atoms with Crippen molar-refractivity contribution < 1.29 is 19.5 Å². The minimum Gasteiger partial charge on any atom is -0.396 e. The van der Waals surface area contributed by atoms with Gasteiger partial charge in [0.05, 0.1) is 27.3 Å². The van der Waals surface area contributed by atoms with Crippen molar-refractivity contribution in [2.45, 2.75) is 41.8 Å². The molecule has 7 nitrogen and oxygen atoms in total. The normalized spacial score (nSPS) is 30.8. The minimum atomic E-state index is -0.918. The molecule has 4 heterocycles. The van der Waals surface area contributed by atoms with Crippen molar-refractivity contribution >= 4 is 46.8 Å². The number of benzene rings is 2. The predicted molar refractivity (Wildman–Crippen MR) is 161 cm³/mol. The number of aliphatic hydroxyl groups excluding tert-OH is 1. The van der Waals surface area contributed by atoms with Crippen molar-refractivity contribution in [2.75, 3.05) is 31.1 Å². The molecule has 0 bridgehead atoms. The van der Waals surface area contributed by atoms with Crippen LogP contribution in [0.4, 0.5) is 5.69 Å². The van der Waals surface area contributed by atoms with E-state index in [9.17, 15) is 19.5 Å². The summed E-state index contributed by atoms with van der Waals surface area (Å²) in [6.45, 7) is 3.61. The molecule has 0 aliphatic carbocycles. The number of anilines is 1. The maximum Gasteiger partial charge on any atom is 0.251 e.